The Bertz CT molecular complexity index is 1230. The number of anilines is 1. The molecule has 3 N–H and O–H groups in total. The lowest BCUT2D eigenvalue weighted by Gasteiger charge is -2.10. The topological polar surface area (TPSA) is 112 Å². The number of halogens is 2. The highest BCUT2D eigenvalue weighted by molar-refractivity contribution is 5.76. The Morgan fingerprint density at radius 1 is 1.19 bits per heavy atom. The smallest absolute Gasteiger partial charge is 0.190 e. The first-order chi connectivity index (χ1) is 15.1. The summed E-state index contributed by atoms with van der Waals surface area (Å²) < 4.78 is 31.0. The third kappa shape index (κ3) is 3.63. The molecule has 3 aromatic heterocycles. The zero-order chi connectivity index (χ0) is 21.4. The van der Waals surface area contributed by atoms with Crippen LogP contribution in [0.2, 0.25) is 0 Å². The van der Waals surface area contributed by atoms with Crippen molar-refractivity contribution in [1.29, 1.82) is 0 Å². The van der Waals surface area contributed by atoms with Crippen molar-refractivity contribution in [2.75, 3.05) is 12.3 Å². The minimum atomic E-state index is -1.06. The predicted octanol–water partition coefficient (Wildman–Crippen LogP) is 2.20. The summed E-state index contributed by atoms with van der Waals surface area (Å²) in [6, 6.07) is 5.96. The first-order valence-electron chi connectivity index (χ1n) is 9.85. The minimum Gasteiger partial charge on any atom is -0.383 e. The molecule has 31 heavy (non-hydrogen) atoms. The maximum absolute atomic E-state index is 14.3. The Morgan fingerprint density at radius 3 is 2.94 bits per heavy atom. The van der Waals surface area contributed by atoms with E-state index in [1.807, 2.05) is 10.9 Å². The average Bonchev–Trinajstić information content (AvgIpc) is 3.53. The molecule has 0 bridgehead atoms. The van der Waals surface area contributed by atoms with Gasteiger partial charge in [-0.1, -0.05) is 6.07 Å². The first kappa shape index (κ1) is 19.2. The fraction of sp³-hybridized carbons (Fsp3) is 0.250. The Balaban J connectivity index is 1.50. The van der Waals surface area contributed by atoms with E-state index >= 15 is 0 Å². The van der Waals surface area contributed by atoms with E-state index in [-0.39, 0.29) is 17.3 Å². The van der Waals surface area contributed by atoms with Crippen LogP contribution in [0.4, 0.5) is 14.6 Å². The van der Waals surface area contributed by atoms with Gasteiger partial charge < -0.3 is 11.1 Å². The van der Waals surface area contributed by atoms with Gasteiger partial charge in [-0.3, -0.25) is 4.68 Å². The van der Waals surface area contributed by atoms with Crippen molar-refractivity contribution in [3.63, 3.8) is 0 Å². The molecular formula is C20H19F2N9. The van der Waals surface area contributed by atoms with Crippen molar-refractivity contribution in [3.8, 4) is 28.2 Å². The highest BCUT2D eigenvalue weighted by Crippen LogP contribution is 2.30. The van der Waals surface area contributed by atoms with E-state index in [2.05, 4.69) is 30.9 Å². The van der Waals surface area contributed by atoms with Crippen LogP contribution in [0.25, 0.3) is 28.2 Å². The SMILES string of the molecule is Nc1ncc(-c2cnn(C[C@@H]3CCCN3)c2)cc1-c1nnnn1-c1cccc(F)c1F. The number of pyridine rings is 1. The molecule has 0 unspecified atom stereocenters. The lowest BCUT2D eigenvalue weighted by Crippen LogP contribution is -2.26. The number of tetrazole rings is 1. The number of hydrogen-bond acceptors (Lipinski definition) is 7. The number of hydrogen-bond donors (Lipinski definition) is 2. The van der Waals surface area contributed by atoms with E-state index in [1.54, 1.807) is 18.5 Å². The summed E-state index contributed by atoms with van der Waals surface area (Å²) in [5.41, 5.74) is 7.95. The van der Waals surface area contributed by atoms with Crippen LogP contribution in [0.1, 0.15) is 12.8 Å². The largest absolute Gasteiger partial charge is 0.383 e. The summed E-state index contributed by atoms with van der Waals surface area (Å²) in [6.07, 6.45) is 7.62. The molecule has 5 rings (SSSR count). The third-order valence-corrected chi connectivity index (χ3v) is 5.32. The summed E-state index contributed by atoms with van der Waals surface area (Å²) in [5.74, 6) is -1.73. The molecule has 0 spiro atoms. The van der Waals surface area contributed by atoms with Crippen molar-refractivity contribution < 1.29 is 8.78 Å². The molecule has 1 aliphatic heterocycles. The standard InChI is InChI=1S/C20H19F2N9/c21-16-4-1-5-17(18(16)22)31-20(27-28-29-31)15-7-12(8-25-19(15)23)13-9-26-30(10-13)11-14-3-2-6-24-14/h1,4-5,7-10,14,24H,2-3,6,11H2,(H2,23,25)/t14-/m0/s1. The third-order valence-electron chi connectivity index (χ3n) is 5.32. The van der Waals surface area contributed by atoms with Crippen molar-refractivity contribution in [1.82, 2.24) is 40.3 Å². The number of nitrogens with two attached hydrogens (primary N) is 1. The number of nitrogens with one attached hydrogen (secondary N) is 1. The second-order valence-electron chi connectivity index (χ2n) is 7.39. The zero-order valence-corrected chi connectivity index (χ0v) is 16.4. The van der Waals surface area contributed by atoms with Gasteiger partial charge in [-0.05, 0) is 48.0 Å². The van der Waals surface area contributed by atoms with Gasteiger partial charge in [0.2, 0.25) is 0 Å². The van der Waals surface area contributed by atoms with E-state index in [0.29, 0.717) is 11.6 Å². The molecular weight excluding hydrogens is 404 g/mol. The number of nitrogens with zero attached hydrogens (tertiary/aromatic N) is 7. The van der Waals surface area contributed by atoms with Crippen molar-refractivity contribution in [2.45, 2.75) is 25.4 Å². The van der Waals surface area contributed by atoms with Crippen LogP contribution in [-0.2, 0) is 6.54 Å². The van der Waals surface area contributed by atoms with Crippen LogP contribution in [-0.4, -0.2) is 47.6 Å². The van der Waals surface area contributed by atoms with Gasteiger partial charge in [0.05, 0.1) is 18.3 Å². The molecule has 0 amide bonds. The highest BCUT2D eigenvalue weighted by Gasteiger charge is 2.20. The second-order valence-corrected chi connectivity index (χ2v) is 7.39. The fourth-order valence-corrected chi connectivity index (χ4v) is 3.74. The molecule has 0 aliphatic carbocycles. The summed E-state index contributed by atoms with van der Waals surface area (Å²) >= 11 is 0. The van der Waals surface area contributed by atoms with Gasteiger partial charge in [0.25, 0.3) is 0 Å². The van der Waals surface area contributed by atoms with Crippen LogP contribution in [0.3, 0.4) is 0 Å². The number of nitrogen functional groups attached to an aromatic ring is 1. The van der Waals surface area contributed by atoms with E-state index in [9.17, 15) is 8.78 Å². The quantitative estimate of drug-likeness (QED) is 0.506. The van der Waals surface area contributed by atoms with Crippen molar-refractivity contribution in [2.24, 2.45) is 0 Å². The Labute approximate surface area is 175 Å². The Kier molecular flexibility index (Phi) is 4.86. The van der Waals surface area contributed by atoms with Gasteiger partial charge in [0, 0.05) is 29.6 Å². The van der Waals surface area contributed by atoms with Crippen molar-refractivity contribution >= 4 is 5.82 Å². The lowest BCUT2D eigenvalue weighted by molar-refractivity contribution is 0.476. The molecule has 0 saturated carbocycles. The first-order valence-corrected chi connectivity index (χ1v) is 9.85. The lowest BCUT2D eigenvalue weighted by atomic mass is 10.1. The van der Waals surface area contributed by atoms with Gasteiger partial charge in [-0.2, -0.15) is 9.78 Å². The molecule has 0 radical (unpaired) electrons. The summed E-state index contributed by atoms with van der Waals surface area (Å²) in [6.45, 7) is 1.82. The monoisotopic (exact) mass is 423 g/mol. The molecule has 1 aliphatic rings. The van der Waals surface area contributed by atoms with E-state index in [4.69, 9.17) is 5.73 Å². The van der Waals surface area contributed by atoms with Gasteiger partial charge in [0.1, 0.15) is 11.5 Å². The molecule has 1 saturated heterocycles. The highest BCUT2D eigenvalue weighted by atomic mass is 19.2. The van der Waals surface area contributed by atoms with Gasteiger partial charge in [0.15, 0.2) is 17.5 Å². The zero-order valence-electron chi connectivity index (χ0n) is 16.4. The van der Waals surface area contributed by atoms with Crippen LogP contribution in [0.5, 0.6) is 0 Å². The summed E-state index contributed by atoms with van der Waals surface area (Å²) in [7, 11) is 0. The molecule has 158 valence electrons. The van der Waals surface area contributed by atoms with Gasteiger partial charge in [-0.15, -0.1) is 5.10 Å². The number of benzene rings is 1. The molecule has 1 atom stereocenters. The molecule has 1 aromatic carbocycles. The van der Waals surface area contributed by atoms with Crippen LogP contribution in [0, 0.1) is 11.6 Å². The fourth-order valence-electron chi connectivity index (χ4n) is 3.74. The predicted molar refractivity (Wildman–Crippen MR) is 109 cm³/mol. The van der Waals surface area contributed by atoms with Crippen LogP contribution >= 0.6 is 0 Å². The normalized spacial score (nSPS) is 16.1. The van der Waals surface area contributed by atoms with Crippen LogP contribution in [0.15, 0.2) is 42.9 Å². The maximum Gasteiger partial charge on any atom is 0.190 e. The maximum atomic E-state index is 14.3. The van der Waals surface area contributed by atoms with E-state index in [0.717, 1.165) is 41.4 Å². The number of aromatic nitrogens is 7. The molecule has 9 nitrogen and oxygen atoms in total. The summed E-state index contributed by atoms with van der Waals surface area (Å²) in [5, 5.41) is 19.3. The molecule has 11 heteroatoms. The van der Waals surface area contributed by atoms with E-state index in [1.165, 1.54) is 18.6 Å². The molecule has 4 aromatic rings. The van der Waals surface area contributed by atoms with Gasteiger partial charge >= 0.3 is 0 Å². The summed E-state index contributed by atoms with van der Waals surface area (Å²) in [4.78, 5) is 4.25. The van der Waals surface area contributed by atoms with Crippen LogP contribution < -0.4 is 11.1 Å². The minimum absolute atomic E-state index is 0.123. The van der Waals surface area contributed by atoms with Gasteiger partial charge in [-0.25, -0.2) is 13.8 Å². The second kappa shape index (κ2) is 7.84. The Hall–Kier alpha value is -3.73. The average molecular weight is 423 g/mol. The Morgan fingerprint density at radius 2 is 2.10 bits per heavy atom. The van der Waals surface area contributed by atoms with Crippen molar-refractivity contribution in [3.05, 3.63) is 54.5 Å². The van der Waals surface area contributed by atoms with E-state index < -0.39 is 11.6 Å². The molecule has 1 fully saturated rings. The number of rotatable bonds is 5. The molecule has 4 heterocycles.